The Kier molecular flexibility index (Phi) is 4.69. The van der Waals surface area contributed by atoms with Crippen molar-refractivity contribution < 1.29 is 4.42 Å². The Morgan fingerprint density at radius 1 is 1.57 bits per heavy atom. The van der Waals surface area contributed by atoms with Crippen LogP contribution < -0.4 is 5.32 Å². The fourth-order valence-electron chi connectivity index (χ4n) is 1.90. The molecule has 2 atom stereocenters. The predicted molar refractivity (Wildman–Crippen MR) is 62.3 cm³/mol. The molecule has 0 saturated carbocycles. The number of nitrogens with one attached hydrogen (secondary N) is 1. The molecule has 3 heteroatoms. The fourth-order valence-corrected chi connectivity index (χ4v) is 2.38. The first-order chi connectivity index (χ1) is 6.70. The van der Waals surface area contributed by atoms with Crippen molar-refractivity contribution in [3.05, 3.63) is 22.6 Å². The van der Waals surface area contributed by atoms with Gasteiger partial charge in [-0.25, -0.2) is 0 Å². The van der Waals surface area contributed by atoms with E-state index in [4.69, 9.17) is 4.42 Å². The van der Waals surface area contributed by atoms with Crippen molar-refractivity contribution in [2.45, 2.75) is 32.7 Å². The third-order valence-corrected chi connectivity index (χ3v) is 3.25. The number of furan rings is 1. The molecule has 0 spiro atoms. The third kappa shape index (κ3) is 2.61. The van der Waals surface area contributed by atoms with Gasteiger partial charge in [0.1, 0.15) is 0 Å². The van der Waals surface area contributed by atoms with Gasteiger partial charge in [-0.2, -0.15) is 0 Å². The van der Waals surface area contributed by atoms with Crippen molar-refractivity contribution in [3.8, 4) is 0 Å². The maximum absolute atomic E-state index is 5.25. The highest BCUT2D eigenvalue weighted by Gasteiger charge is 2.20. The molecule has 80 valence electrons. The van der Waals surface area contributed by atoms with Crippen LogP contribution in [-0.4, -0.2) is 7.05 Å². The number of halogens is 1. The second-order valence-electron chi connectivity index (χ2n) is 3.68. The lowest BCUT2D eigenvalue weighted by molar-refractivity contribution is 0.378. The maximum atomic E-state index is 5.25. The largest absolute Gasteiger partial charge is 0.457 e. The molecule has 2 unspecified atom stereocenters. The lowest BCUT2D eigenvalue weighted by atomic mass is 9.93. The molecule has 0 radical (unpaired) electrons. The smallest absolute Gasteiger partial charge is 0.173 e. The normalized spacial score (nSPS) is 15.4. The van der Waals surface area contributed by atoms with E-state index in [2.05, 4.69) is 35.1 Å². The predicted octanol–water partition coefficient (Wildman–Crippen LogP) is 3.74. The van der Waals surface area contributed by atoms with Gasteiger partial charge in [-0.05, 0) is 41.4 Å². The molecule has 0 saturated heterocycles. The standard InChI is InChI=1S/C11H18BrNO/c1-4-5-8(2)10(13-3)9-6-7-14-11(9)12/h6-8,10,13H,4-5H2,1-3H3. The Hall–Kier alpha value is -0.280. The van der Waals surface area contributed by atoms with Crippen LogP contribution in [-0.2, 0) is 0 Å². The monoisotopic (exact) mass is 259 g/mol. The van der Waals surface area contributed by atoms with Crippen LogP contribution in [0.3, 0.4) is 0 Å². The van der Waals surface area contributed by atoms with Crippen LogP contribution in [0.25, 0.3) is 0 Å². The summed E-state index contributed by atoms with van der Waals surface area (Å²) in [5, 5.41) is 3.34. The molecule has 1 rings (SSSR count). The van der Waals surface area contributed by atoms with E-state index in [-0.39, 0.29) is 0 Å². The van der Waals surface area contributed by atoms with E-state index in [9.17, 15) is 0 Å². The van der Waals surface area contributed by atoms with E-state index in [1.165, 1.54) is 18.4 Å². The topological polar surface area (TPSA) is 25.2 Å². The highest BCUT2D eigenvalue weighted by molar-refractivity contribution is 9.10. The Bertz CT molecular complexity index is 272. The SMILES string of the molecule is CCCC(C)C(NC)c1ccoc1Br. The van der Waals surface area contributed by atoms with Gasteiger partial charge in [0.05, 0.1) is 6.26 Å². The Labute approximate surface area is 94.2 Å². The molecule has 1 aromatic heterocycles. The van der Waals surface area contributed by atoms with E-state index < -0.39 is 0 Å². The summed E-state index contributed by atoms with van der Waals surface area (Å²) in [6.07, 6.45) is 4.17. The highest BCUT2D eigenvalue weighted by atomic mass is 79.9. The van der Waals surface area contributed by atoms with Gasteiger partial charge in [-0.15, -0.1) is 0 Å². The summed E-state index contributed by atoms with van der Waals surface area (Å²) in [6.45, 7) is 4.48. The van der Waals surface area contributed by atoms with Gasteiger partial charge < -0.3 is 9.73 Å². The first-order valence-electron chi connectivity index (χ1n) is 5.10. The third-order valence-electron chi connectivity index (χ3n) is 2.61. The van der Waals surface area contributed by atoms with Crippen LogP contribution in [0.2, 0.25) is 0 Å². The summed E-state index contributed by atoms with van der Waals surface area (Å²) < 4.78 is 6.10. The summed E-state index contributed by atoms with van der Waals surface area (Å²) in [5.41, 5.74) is 1.22. The average Bonchev–Trinajstić information content (AvgIpc) is 2.54. The van der Waals surface area contributed by atoms with Crippen LogP contribution in [0.4, 0.5) is 0 Å². The molecule has 14 heavy (non-hydrogen) atoms. The van der Waals surface area contributed by atoms with Gasteiger partial charge in [0, 0.05) is 11.6 Å². The summed E-state index contributed by atoms with van der Waals surface area (Å²) >= 11 is 3.42. The molecule has 2 nitrogen and oxygen atoms in total. The molecule has 0 bridgehead atoms. The molecule has 0 amide bonds. The molecule has 1 aromatic rings. The summed E-state index contributed by atoms with van der Waals surface area (Å²) in [6, 6.07) is 2.40. The number of rotatable bonds is 5. The summed E-state index contributed by atoms with van der Waals surface area (Å²) in [7, 11) is 2.00. The van der Waals surface area contributed by atoms with Gasteiger partial charge in [0.15, 0.2) is 4.67 Å². The van der Waals surface area contributed by atoms with E-state index in [1.54, 1.807) is 6.26 Å². The maximum Gasteiger partial charge on any atom is 0.173 e. The van der Waals surface area contributed by atoms with Gasteiger partial charge in [-0.1, -0.05) is 20.3 Å². The first kappa shape index (κ1) is 11.8. The first-order valence-corrected chi connectivity index (χ1v) is 5.90. The number of hydrogen-bond donors (Lipinski definition) is 1. The lowest BCUT2D eigenvalue weighted by Gasteiger charge is -2.22. The molecule has 0 fully saturated rings. The quantitative estimate of drug-likeness (QED) is 0.872. The van der Waals surface area contributed by atoms with Crippen molar-refractivity contribution in [2.24, 2.45) is 5.92 Å². The molecule has 0 aliphatic carbocycles. The van der Waals surface area contributed by atoms with Crippen molar-refractivity contribution >= 4 is 15.9 Å². The van der Waals surface area contributed by atoms with Crippen LogP contribution in [0.5, 0.6) is 0 Å². The Morgan fingerprint density at radius 2 is 2.29 bits per heavy atom. The number of hydrogen-bond acceptors (Lipinski definition) is 2. The lowest BCUT2D eigenvalue weighted by Crippen LogP contribution is -2.23. The Morgan fingerprint density at radius 3 is 2.71 bits per heavy atom. The zero-order valence-electron chi connectivity index (χ0n) is 9.01. The van der Waals surface area contributed by atoms with Gasteiger partial charge in [0.2, 0.25) is 0 Å². The zero-order valence-corrected chi connectivity index (χ0v) is 10.6. The fraction of sp³-hybridized carbons (Fsp3) is 0.636. The van der Waals surface area contributed by atoms with Crippen molar-refractivity contribution in [2.75, 3.05) is 7.05 Å². The van der Waals surface area contributed by atoms with Crippen LogP contribution in [0, 0.1) is 5.92 Å². The van der Waals surface area contributed by atoms with Gasteiger partial charge >= 0.3 is 0 Å². The highest BCUT2D eigenvalue weighted by Crippen LogP contribution is 2.31. The summed E-state index contributed by atoms with van der Waals surface area (Å²) in [5.74, 6) is 0.624. The minimum atomic E-state index is 0.378. The molecule has 1 N–H and O–H groups in total. The second-order valence-corrected chi connectivity index (χ2v) is 4.40. The van der Waals surface area contributed by atoms with E-state index >= 15 is 0 Å². The zero-order chi connectivity index (χ0) is 10.6. The van der Waals surface area contributed by atoms with Gasteiger partial charge in [0.25, 0.3) is 0 Å². The average molecular weight is 260 g/mol. The van der Waals surface area contributed by atoms with E-state index in [0.29, 0.717) is 12.0 Å². The second kappa shape index (κ2) is 5.56. The molecule has 0 aliphatic heterocycles. The molecule has 1 heterocycles. The van der Waals surface area contributed by atoms with Crippen LogP contribution >= 0.6 is 15.9 Å². The van der Waals surface area contributed by atoms with Crippen LogP contribution in [0.1, 0.15) is 38.3 Å². The molecular formula is C11H18BrNO. The van der Waals surface area contributed by atoms with Crippen molar-refractivity contribution in [1.29, 1.82) is 0 Å². The molecule has 0 aromatic carbocycles. The minimum Gasteiger partial charge on any atom is -0.457 e. The summed E-state index contributed by atoms with van der Waals surface area (Å²) in [4.78, 5) is 0. The minimum absolute atomic E-state index is 0.378. The Balaban J connectivity index is 2.76. The van der Waals surface area contributed by atoms with Crippen molar-refractivity contribution in [3.63, 3.8) is 0 Å². The molecule has 0 aliphatic rings. The molecular weight excluding hydrogens is 242 g/mol. The van der Waals surface area contributed by atoms with E-state index in [1.807, 2.05) is 13.1 Å². The van der Waals surface area contributed by atoms with E-state index in [0.717, 1.165) is 4.67 Å². The van der Waals surface area contributed by atoms with Crippen molar-refractivity contribution in [1.82, 2.24) is 5.32 Å². The van der Waals surface area contributed by atoms with Gasteiger partial charge in [-0.3, -0.25) is 0 Å². The van der Waals surface area contributed by atoms with Crippen LogP contribution in [0.15, 0.2) is 21.4 Å².